The number of halogens is 1. The van der Waals surface area contributed by atoms with Crippen molar-refractivity contribution in [2.45, 2.75) is 6.92 Å². The lowest BCUT2D eigenvalue weighted by Crippen LogP contribution is -2.11. The first kappa shape index (κ1) is 18.6. The van der Waals surface area contributed by atoms with Crippen LogP contribution in [0.4, 0.5) is 0 Å². The fourth-order valence-corrected chi connectivity index (χ4v) is 3.07. The number of rotatable bonds is 3. The molecular formula is C14H14BrNO4S2. The smallest absolute Gasteiger partial charge is 0.287 e. The summed E-state index contributed by atoms with van der Waals surface area (Å²) in [5.74, 6) is -0.406. The zero-order chi connectivity index (χ0) is 16.8. The number of aryl methyl sites for hydroxylation is 1. The highest BCUT2D eigenvalue weighted by Crippen LogP contribution is 2.17. The van der Waals surface area contributed by atoms with Crippen molar-refractivity contribution in [2.24, 2.45) is 5.73 Å². The third-order valence-electron chi connectivity index (χ3n) is 2.34. The quantitative estimate of drug-likeness (QED) is 0.766. The van der Waals surface area contributed by atoms with E-state index in [-0.39, 0.29) is 0 Å². The second kappa shape index (κ2) is 8.23. The Balaban J connectivity index is 0.000000220. The Morgan fingerprint density at radius 3 is 2.50 bits per heavy atom. The molecule has 1 aromatic carbocycles. The average molecular weight is 404 g/mol. The van der Waals surface area contributed by atoms with Crippen LogP contribution in [-0.4, -0.2) is 18.9 Å². The molecule has 2 rings (SSSR count). The Labute approximate surface area is 141 Å². The van der Waals surface area contributed by atoms with Gasteiger partial charge < -0.3 is 5.73 Å². The molecule has 0 saturated heterocycles. The highest BCUT2D eigenvalue weighted by Gasteiger charge is 2.04. The van der Waals surface area contributed by atoms with E-state index in [9.17, 15) is 13.2 Å². The Morgan fingerprint density at radius 2 is 2.05 bits per heavy atom. The fraction of sp³-hybridized carbons (Fsp3) is 0.0714. The lowest BCUT2D eigenvalue weighted by Gasteiger charge is -1.99. The van der Waals surface area contributed by atoms with E-state index in [4.69, 9.17) is 10.3 Å². The summed E-state index contributed by atoms with van der Waals surface area (Å²) in [6.45, 7) is 1.95. The van der Waals surface area contributed by atoms with Crippen LogP contribution in [0.2, 0.25) is 0 Å². The average Bonchev–Trinajstić information content (AvgIpc) is 2.89. The molecule has 0 saturated carbocycles. The van der Waals surface area contributed by atoms with Crippen molar-refractivity contribution in [1.82, 2.24) is 0 Å². The number of hydrogen-bond acceptors (Lipinski definition) is 4. The predicted molar refractivity (Wildman–Crippen MR) is 92.3 cm³/mol. The summed E-state index contributed by atoms with van der Waals surface area (Å²) in [4.78, 5) is 11.5. The zero-order valence-electron chi connectivity index (χ0n) is 11.6. The number of thiophene rings is 1. The largest absolute Gasteiger partial charge is 0.366 e. The Bertz CT molecular complexity index is 768. The van der Waals surface area contributed by atoms with E-state index in [0.29, 0.717) is 5.56 Å². The van der Waals surface area contributed by atoms with Gasteiger partial charge in [-0.3, -0.25) is 9.35 Å². The van der Waals surface area contributed by atoms with Crippen molar-refractivity contribution < 1.29 is 17.8 Å². The van der Waals surface area contributed by atoms with Crippen molar-refractivity contribution in [2.75, 3.05) is 0 Å². The fourth-order valence-electron chi connectivity index (χ4n) is 1.36. The molecule has 5 nitrogen and oxygen atoms in total. The molecule has 0 aliphatic carbocycles. The Hall–Kier alpha value is -1.48. The maximum Gasteiger partial charge on any atom is 0.287 e. The minimum absolute atomic E-state index is 0.406. The number of carbonyl (C=O) groups is 1. The summed E-state index contributed by atoms with van der Waals surface area (Å²) in [6, 6.07) is 8.98. The van der Waals surface area contributed by atoms with Crippen molar-refractivity contribution >= 4 is 49.4 Å². The van der Waals surface area contributed by atoms with E-state index in [0.717, 1.165) is 20.3 Å². The van der Waals surface area contributed by atoms with E-state index >= 15 is 0 Å². The predicted octanol–water partition coefficient (Wildman–Crippen LogP) is 3.46. The van der Waals surface area contributed by atoms with Crippen LogP contribution in [0.15, 0.2) is 45.6 Å². The number of carbonyl (C=O) groups excluding carboxylic acids is 1. The zero-order valence-corrected chi connectivity index (χ0v) is 14.8. The summed E-state index contributed by atoms with van der Waals surface area (Å²) in [7, 11) is -3.97. The van der Waals surface area contributed by atoms with Gasteiger partial charge in [-0.15, -0.1) is 11.3 Å². The Kier molecular flexibility index (Phi) is 6.95. The third kappa shape index (κ3) is 6.99. The highest BCUT2D eigenvalue weighted by atomic mass is 79.9. The molecular weight excluding hydrogens is 390 g/mol. The van der Waals surface area contributed by atoms with E-state index < -0.39 is 16.0 Å². The van der Waals surface area contributed by atoms with Crippen LogP contribution < -0.4 is 5.73 Å². The van der Waals surface area contributed by atoms with E-state index in [2.05, 4.69) is 15.9 Å². The van der Waals surface area contributed by atoms with Crippen LogP contribution in [-0.2, 0) is 10.1 Å². The van der Waals surface area contributed by atoms with E-state index in [1.807, 2.05) is 24.4 Å². The second-order valence-corrected chi connectivity index (χ2v) is 7.32. The van der Waals surface area contributed by atoms with Gasteiger partial charge in [-0.25, -0.2) is 0 Å². The Morgan fingerprint density at radius 1 is 1.36 bits per heavy atom. The second-order valence-electron chi connectivity index (χ2n) is 4.18. The molecule has 0 fully saturated rings. The standard InChI is InChI=1S/C8H8BrNO.C6H6O3S2/c1-5-2-3-6(8(10)11)7(9)4-5;7-11(8,9)5-3-6-2-1-4-10-6/h2-4H,1H3,(H2,10,11);1-5H,(H,7,8,9)/b;5-3+. The van der Waals surface area contributed by atoms with E-state index in [1.54, 1.807) is 18.2 Å². The number of amides is 1. The maximum atomic E-state index is 10.7. The summed E-state index contributed by atoms with van der Waals surface area (Å²) in [6.07, 6.45) is 1.35. The summed E-state index contributed by atoms with van der Waals surface area (Å²) < 4.78 is 29.5. The van der Waals surface area contributed by atoms with Gasteiger partial charge in [-0.1, -0.05) is 12.1 Å². The van der Waals surface area contributed by atoms with Crippen LogP contribution >= 0.6 is 27.3 Å². The van der Waals surface area contributed by atoms with Gasteiger partial charge in [0, 0.05) is 9.35 Å². The monoisotopic (exact) mass is 403 g/mol. The van der Waals surface area contributed by atoms with Crippen molar-refractivity contribution in [3.05, 3.63) is 61.6 Å². The van der Waals surface area contributed by atoms with Gasteiger partial charge in [0.2, 0.25) is 5.91 Å². The first-order valence-electron chi connectivity index (χ1n) is 5.94. The van der Waals surface area contributed by atoms with Crippen molar-refractivity contribution in [3.8, 4) is 0 Å². The SMILES string of the molecule is Cc1ccc(C(N)=O)c(Br)c1.O=S(=O)(O)/C=C/c1cccs1. The van der Waals surface area contributed by atoms with Gasteiger partial charge in [-0.2, -0.15) is 8.42 Å². The number of hydrogen-bond donors (Lipinski definition) is 2. The van der Waals surface area contributed by atoms with Crippen LogP contribution in [0.1, 0.15) is 20.8 Å². The minimum atomic E-state index is -3.97. The maximum absolute atomic E-state index is 10.7. The summed E-state index contributed by atoms with van der Waals surface area (Å²) in [5, 5.41) is 2.59. The van der Waals surface area contributed by atoms with Crippen molar-refractivity contribution in [3.63, 3.8) is 0 Å². The van der Waals surface area contributed by atoms with Gasteiger partial charge in [0.05, 0.1) is 11.0 Å². The lowest BCUT2D eigenvalue weighted by molar-refractivity contribution is 0.0999. The molecule has 0 radical (unpaired) electrons. The van der Waals surface area contributed by atoms with E-state index in [1.165, 1.54) is 17.4 Å². The van der Waals surface area contributed by atoms with Gasteiger partial charge in [-0.05, 0) is 58.1 Å². The molecule has 118 valence electrons. The molecule has 3 N–H and O–H groups in total. The van der Waals surface area contributed by atoms with Gasteiger partial charge in [0.1, 0.15) is 0 Å². The molecule has 0 atom stereocenters. The molecule has 0 aliphatic heterocycles. The lowest BCUT2D eigenvalue weighted by atomic mass is 10.1. The normalized spacial score (nSPS) is 11.0. The van der Waals surface area contributed by atoms with Crippen LogP contribution in [0.25, 0.3) is 6.08 Å². The van der Waals surface area contributed by atoms with Gasteiger partial charge in [0.25, 0.3) is 10.1 Å². The molecule has 0 unspecified atom stereocenters. The highest BCUT2D eigenvalue weighted by molar-refractivity contribution is 9.10. The summed E-state index contributed by atoms with van der Waals surface area (Å²) in [5.41, 5.74) is 6.72. The number of nitrogens with two attached hydrogens (primary N) is 1. The first-order valence-corrected chi connectivity index (χ1v) is 9.11. The molecule has 1 amide bonds. The molecule has 1 heterocycles. The third-order valence-corrected chi connectivity index (χ3v) is 4.31. The van der Waals surface area contributed by atoms with Gasteiger partial charge >= 0.3 is 0 Å². The number of primary amides is 1. The first-order chi connectivity index (χ1) is 10.2. The topological polar surface area (TPSA) is 97.5 Å². The van der Waals surface area contributed by atoms with Crippen LogP contribution in [0.5, 0.6) is 0 Å². The minimum Gasteiger partial charge on any atom is -0.366 e. The molecule has 8 heteroatoms. The summed E-state index contributed by atoms with van der Waals surface area (Å²) >= 11 is 4.65. The molecule has 2 aromatic rings. The number of benzene rings is 1. The molecule has 0 aliphatic rings. The molecule has 0 bridgehead atoms. The molecule has 22 heavy (non-hydrogen) atoms. The van der Waals surface area contributed by atoms with Gasteiger partial charge in [0.15, 0.2) is 0 Å². The molecule has 0 spiro atoms. The van der Waals surface area contributed by atoms with Crippen LogP contribution in [0, 0.1) is 6.92 Å². The molecule has 1 aromatic heterocycles. The van der Waals surface area contributed by atoms with Crippen LogP contribution in [0.3, 0.4) is 0 Å². The van der Waals surface area contributed by atoms with Crippen molar-refractivity contribution in [1.29, 1.82) is 0 Å².